The molecule has 6 heteroatoms. The number of nitrogens with two attached hydrogens (primary N) is 1. The van der Waals surface area contributed by atoms with Crippen molar-refractivity contribution in [3.8, 4) is 0 Å². The van der Waals surface area contributed by atoms with Crippen molar-refractivity contribution in [1.29, 1.82) is 0 Å². The number of hydrogen-bond acceptors (Lipinski definition) is 5. The highest BCUT2D eigenvalue weighted by atomic mass is 16.6. The van der Waals surface area contributed by atoms with Crippen molar-refractivity contribution in [1.82, 2.24) is 10.6 Å². The molecule has 0 aliphatic carbocycles. The van der Waals surface area contributed by atoms with Crippen molar-refractivity contribution in [3.63, 3.8) is 0 Å². The molecule has 0 aromatic rings. The molecule has 0 spiro atoms. The van der Waals surface area contributed by atoms with E-state index in [1.165, 1.54) is 0 Å². The van der Waals surface area contributed by atoms with Crippen LogP contribution < -0.4 is 16.4 Å². The highest BCUT2D eigenvalue weighted by Gasteiger charge is 2.16. The van der Waals surface area contributed by atoms with E-state index < -0.39 is 11.7 Å². The van der Waals surface area contributed by atoms with E-state index in [-0.39, 0.29) is 12.1 Å². The maximum Gasteiger partial charge on any atom is 0.407 e. The molecule has 0 saturated heterocycles. The first-order valence-corrected chi connectivity index (χ1v) is 6.71. The standard InChI is InChI=1S/C13H29N3O3/c1-10(18-5)9-16-11(8-14)6-7-15-12(17)19-13(2,3)4/h10-11,16H,6-9,14H2,1-5H3,(H,15,17). The Kier molecular flexibility index (Phi) is 8.71. The second-order valence-corrected chi connectivity index (χ2v) is 5.60. The molecule has 0 rings (SSSR count). The summed E-state index contributed by atoms with van der Waals surface area (Å²) in [5.41, 5.74) is 5.20. The summed E-state index contributed by atoms with van der Waals surface area (Å²) in [6.07, 6.45) is 0.507. The lowest BCUT2D eigenvalue weighted by atomic mass is 10.2. The molecule has 0 saturated carbocycles. The van der Waals surface area contributed by atoms with Gasteiger partial charge in [-0.2, -0.15) is 0 Å². The summed E-state index contributed by atoms with van der Waals surface area (Å²) in [7, 11) is 1.67. The van der Waals surface area contributed by atoms with E-state index in [0.717, 1.165) is 13.0 Å². The van der Waals surface area contributed by atoms with Gasteiger partial charge in [0.2, 0.25) is 0 Å². The highest BCUT2D eigenvalue weighted by molar-refractivity contribution is 5.67. The maximum atomic E-state index is 11.4. The van der Waals surface area contributed by atoms with Gasteiger partial charge < -0.3 is 25.8 Å². The molecule has 2 unspecified atom stereocenters. The van der Waals surface area contributed by atoms with Crippen LogP contribution in [0.25, 0.3) is 0 Å². The number of methoxy groups -OCH3 is 1. The molecule has 0 heterocycles. The predicted molar refractivity (Wildman–Crippen MR) is 76.2 cm³/mol. The minimum atomic E-state index is -0.469. The van der Waals surface area contributed by atoms with Crippen LogP contribution in [0.15, 0.2) is 0 Å². The normalized spacial score (nSPS) is 14.8. The molecule has 0 fully saturated rings. The molecule has 0 radical (unpaired) electrons. The molecule has 4 N–H and O–H groups in total. The summed E-state index contributed by atoms with van der Waals surface area (Å²) in [5.74, 6) is 0. The van der Waals surface area contributed by atoms with Gasteiger partial charge in [0.05, 0.1) is 6.10 Å². The first-order chi connectivity index (χ1) is 8.78. The van der Waals surface area contributed by atoms with Crippen molar-refractivity contribution in [3.05, 3.63) is 0 Å². The number of carbonyl (C=O) groups is 1. The van der Waals surface area contributed by atoms with E-state index in [9.17, 15) is 4.79 Å². The minimum absolute atomic E-state index is 0.146. The Bertz CT molecular complexity index is 254. The number of ether oxygens (including phenoxy) is 2. The topological polar surface area (TPSA) is 85.6 Å². The number of hydrogen-bond donors (Lipinski definition) is 3. The average molecular weight is 275 g/mol. The fourth-order valence-corrected chi connectivity index (χ4v) is 1.38. The Morgan fingerprint density at radius 3 is 2.47 bits per heavy atom. The lowest BCUT2D eigenvalue weighted by Crippen LogP contribution is -2.43. The van der Waals surface area contributed by atoms with Crippen LogP contribution in [0.2, 0.25) is 0 Å². The Morgan fingerprint density at radius 2 is 2.00 bits per heavy atom. The fourth-order valence-electron chi connectivity index (χ4n) is 1.38. The van der Waals surface area contributed by atoms with E-state index in [2.05, 4.69) is 10.6 Å². The molecule has 0 aliphatic rings. The second-order valence-electron chi connectivity index (χ2n) is 5.60. The monoisotopic (exact) mass is 275 g/mol. The number of nitrogens with one attached hydrogen (secondary N) is 2. The van der Waals surface area contributed by atoms with Gasteiger partial charge in [-0.1, -0.05) is 0 Å². The SMILES string of the molecule is COC(C)CNC(CN)CCNC(=O)OC(C)(C)C. The number of rotatable bonds is 8. The van der Waals surface area contributed by atoms with E-state index in [1.54, 1.807) is 7.11 Å². The first kappa shape index (κ1) is 18.1. The fraction of sp³-hybridized carbons (Fsp3) is 0.923. The lowest BCUT2D eigenvalue weighted by molar-refractivity contribution is 0.0525. The van der Waals surface area contributed by atoms with Gasteiger partial charge in [0, 0.05) is 32.8 Å². The van der Waals surface area contributed by atoms with Gasteiger partial charge in [-0.05, 0) is 34.1 Å². The van der Waals surface area contributed by atoms with E-state index in [1.807, 2.05) is 27.7 Å². The number of amides is 1. The third-order valence-corrected chi connectivity index (χ3v) is 2.54. The molecule has 114 valence electrons. The van der Waals surface area contributed by atoms with Crippen LogP contribution in [-0.4, -0.2) is 50.6 Å². The minimum Gasteiger partial charge on any atom is -0.444 e. The number of alkyl carbamates (subject to hydrolysis) is 1. The molecular weight excluding hydrogens is 246 g/mol. The highest BCUT2D eigenvalue weighted by Crippen LogP contribution is 2.06. The van der Waals surface area contributed by atoms with Gasteiger partial charge >= 0.3 is 6.09 Å². The molecule has 0 aromatic carbocycles. The Balaban J connectivity index is 3.80. The molecule has 0 aliphatic heterocycles. The third-order valence-electron chi connectivity index (χ3n) is 2.54. The van der Waals surface area contributed by atoms with Gasteiger partial charge in [-0.3, -0.25) is 0 Å². The van der Waals surface area contributed by atoms with Crippen molar-refractivity contribution in [2.75, 3.05) is 26.7 Å². The van der Waals surface area contributed by atoms with Crippen molar-refractivity contribution in [2.45, 2.75) is 51.9 Å². The Labute approximate surface area is 116 Å². The molecule has 0 aromatic heterocycles. The summed E-state index contributed by atoms with van der Waals surface area (Å²) < 4.78 is 10.3. The van der Waals surface area contributed by atoms with Crippen molar-refractivity contribution in [2.24, 2.45) is 5.73 Å². The zero-order valence-electron chi connectivity index (χ0n) is 12.8. The molecule has 0 bridgehead atoms. The average Bonchev–Trinajstić information content (AvgIpc) is 2.30. The van der Waals surface area contributed by atoms with Crippen LogP contribution in [0, 0.1) is 0 Å². The van der Waals surface area contributed by atoms with Gasteiger partial charge in [-0.25, -0.2) is 4.79 Å². The molecule has 1 amide bonds. The van der Waals surface area contributed by atoms with Crippen molar-refractivity contribution >= 4 is 6.09 Å². The molecule has 6 nitrogen and oxygen atoms in total. The van der Waals surface area contributed by atoms with Gasteiger partial charge in [0.15, 0.2) is 0 Å². The summed E-state index contributed by atoms with van der Waals surface area (Å²) >= 11 is 0. The predicted octanol–water partition coefficient (Wildman–Crippen LogP) is 0.853. The lowest BCUT2D eigenvalue weighted by Gasteiger charge is -2.21. The Morgan fingerprint density at radius 1 is 1.37 bits per heavy atom. The second kappa shape index (κ2) is 9.12. The van der Waals surface area contributed by atoms with E-state index >= 15 is 0 Å². The molecule has 19 heavy (non-hydrogen) atoms. The molecule has 2 atom stereocenters. The summed E-state index contributed by atoms with van der Waals surface area (Å²) in [5, 5.41) is 6.02. The third kappa shape index (κ3) is 10.7. The van der Waals surface area contributed by atoms with Gasteiger partial charge in [-0.15, -0.1) is 0 Å². The smallest absolute Gasteiger partial charge is 0.407 e. The van der Waals surface area contributed by atoms with Gasteiger partial charge in [0.25, 0.3) is 0 Å². The summed E-state index contributed by atoms with van der Waals surface area (Å²) in [6.45, 7) is 9.29. The molecular formula is C13H29N3O3. The quantitative estimate of drug-likeness (QED) is 0.611. The van der Waals surface area contributed by atoms with Crippen LogP contribution in [0.4, 0.5) is 4.79 Å². The number of carbonyl (C=O) groups excluding carboxylic acids is 1. The van der Waals surface area contributed by atoms with Crippen molar-refractivity contribution < 1.29 is 14.3 Å². The van der Waals surface area contributed by atoms with Crippen LogP contribution in [-0.2, 0) is 9.47 Å². The Hall–Kier alpha value is -0.850. The van der Waals surface area contributed by atoms with Crippen LogP contribution >= 0.6 is 0 Å². The summed E-state index contributed by atoms with van der Waals surface area (Å²) in [6, 6.07) is 0.160. The van der Waals surface area contributed by atoms with E-state index in [0.29, 0.717) is 13.1 Å². The van der Waals surface area contributed by atoms with Gasteiger partial charge in [0.1, 0.15) is 5.60 Å². The zero-order valence-corrected chi connectivity index (χ0v) is 12.8. The maximum absolute atomic E-state index is 11.4. The van der Waals surface area contributed by atoms with E-state index in [4.69, 9.17) is 15.2 Å². The van der Waals surface area contributed by atoms with Crippen LogP contribution in [0.1, 0.15) is 34.1 Å². The zero-order chi connectivity index (χ0) is 14.9. The van der Waals surface area contributed by atoms with Crippen LogP contribution in [0.3, 0.4) is 0 Å². The largest absolute Gasteiger partial charge is 0.444 e. The first-order valence-electron chi connectivity index (χ1n) is 6.71. The summed E-state index contributed by atoms with van der Waals surface area (Å²) in [4.78, 5) is 11.4. The van der Waals surface area contributed by atoms with Crippen LogP contribution in [0.5, 0.6) is 0 Å².